The number of thiocarbonyl (C=S) groups is 1. The number of nitrogens with two attached hydrogens (primary N) is 1. The number of para-hydroxylation sites is 1. The van der Waals surface area contributed by atoms with Gasteiger partial charge in [0, 0.05) is 13.1 Å². The van der Waals surface area contributed by atoms with Crippen LogP contribution < -0.4 is 10.5 Å². The summed E-state index contributed by atoms with van der Waals surface area (Å²) in [5, 5.41) is 0. The van der Waals surface area contributed by atoms with Crippen LogP contribution in [0.2, 0.25) is 0 Å². The minimum atomic E-state index is -0.160. The van der Waals surface area contributed by atoms with Gasteiger partial charge in [0.2, 0.25) is 0 Å². The molecule has 0 radical (unpaired) electrons. The maximum absolute atomic E-state index is 12.2. The predicted octanol–water partition coefficient (Wildman–Crippen LogP) is 2.08. The monoisotopic (exact) mass is 324 g/mol. The van der Waals surface area contributed by atoms with Crippen molar-refractivity contribution < 1.29 is 9.53 Å². The number of nitrogens with zero attached hydrogens (tertiary/aromatic N) is 1. The second-order valence-corrected chi connectivity index (χ2v) is 6.67. The molecule has 1 saturated heterocycles. The molecule has 1 fully saturated rings. The second kappa shape index (κ2) is 7.13. The van der Waals surface area contributed by atoms with Gasteiger partial charge in [-0.15, -0.1) is 0 Å². The van der Waals surface area contributed by atoms with Gasteiger partial charge in [-0.2, -0.15) is 11.8 Å². The van der Waals surface area contributed by atoms with Gasteiger partial charge in [0.1, 0.15) is 5.75 Å². The summed E-state index contributed by atoms with van der Waals surface area (Å²) in [5.74, 6) is 0.723. The fourth-order valence-electron chi connectivity index (χ4n) is 2.42. The molecule has 2 rings (SSSR count). The Morgan fingerprint density at radius 3 is 2.52 bits per heavy atom. The van der Waals surface area contributed by atoms with Crippen molar-refractivity contribution in [3.63, 3.8) is 0 Å². The lowest BCUT2D eigenvalue weighted by Crippen LogP contribution is -2.51. The zero-order valence-corrected chi connectivity index (χ0v) is 13.7. The van der Waals surface area contributed by atoms with Gasteiger partial charge in [0.15, 0.2) is 6.61 Å². The molecule has 4 nitrogen and oxygen atoms in total. The van der Waals surface area contributed by atoms with Gasteiger partial charge in [-0.1, -0.05) is 30.4 Å². The first kappa shape index (κ1) is 16.1. The number of amides is 1. The SMILES string of the molecule is CSC1(C(N)=S)CCN(C(=O)COc2ccccc2)CC1. The van der Waals surface area contributed by atoms with Crippen LogP contribution in [-0.2, 0) is 4.79 Å². The number of rotatable bonds is 5. The van der Waals surface area contributed by atoms with E-state index in [1.165, 1.54) is 0 Å². The molecule has 0 spiro atoms. The Bertz CT molecular complexity index is 500. The Kier molecular flexibility index (Phi) is 5.47. The van der Waals surface area contributed by atoms with Crippen LogP contribution in [0.25, 0.3) is 0 Å². The third-order valence-corrected chi connectivity index (χ3v) is 5.80. The molecule has 1 aromatic carbocycles. The summed E-state index contributed by atoms with van der Waals surface area (Å²) in [4.78, 5) is 14.5. The number of thioether (sulfide) groups is 1. The molecule has 0 unspecified atom stereocenters. The molecule has 0 atom stereocenters. The fourth-order valence-corrected chi connectivity index (χ4v) is 3.67. The Morgan fingerprint density at radius 2 is 2.00 bits per heavy atom. The Hall–Kier alpha value is -1.27. The number of likely N-dealkylation sites (tertiary alicyclic amines) is 1. The fraction of sp³-hybridized carbons (Fsp3) is 0.467. The highest BCUT2D eigenvalue weighted by molar-refractivity contribution is 8.02. The quantitative estimate of drug-likeness (QED) is 0.841. The standard InChI is InChI=1S/C15H20N2O2S2/c1-21-15(14(16)20)7-9-17(10-8-15)13(18)11-19-12-5-3-2-4-6-12/h2-6H,7-11H2,1H3,(H2,16,20). The topological polar surface area (TPSA) is 55.6 Å². The van der Waals surface area contributed by atoms with E-state index in [9.17, 15) is 4.79 Å². The molecular weight excluding hydrogens is 304 g/mol. The minimum Gasteiger partial charge on any atom is -0.484 e. The number of benzene rings is 1. The number of hydrogen-bond acceptors (Lipinski definition) is 4. The van der Waals surface area contributed by atoms with Crippen molar-refractivity contribution in [1.82, 2.24) is 4.90 Å². The number of carbonyl (C=O) groups excluding carboxylic acids is 1. The first-order chi connectivity index (χ1) is 10.1. The van der Waals surface area contributed by atoms with Crippen LogP contribution >= 0.6 is 24.0 Å². The van der Waals surface area contributed by atoms with Crippen molar-refractivity contribution in [2.24, 2.45) is 5.73 Å². The number of hydrogen-bond donors (Lipinski definition) is 1. The molecule has 21 heavy (non-hydrogen) atoms. The highest BCUT2D eigenvalue weighted by atomic mass is 32.2. The molecule has 1 amide bonds. The van der Waals surface area contributed by atoms with Crippen molar-refractivity contribution in [3.8, 4) is 5.75 Å². The van der Waals surface area contributed by atoms with Crippen molar-refractivity contribution >= 4 is 34.9 Å². The molecule has 0 aromatic heterocycles. The van der Waals surface area contributed by atoms with E-state index in [-0.39, 0.29) is 17.3 Å². The maximum Gasteiger partial charge on any atom is 0.260 e. The van der Waals surface area contributed by atoms with Crippen molar-refractivity contribution in [2.45, 2.75) is 17.6 Å². The van der Waals surface area contributed by atoms with E-state index in [1.807, 2.05) is 41.5 Å². The van der Waals surface area contributed by atoms with Crippen LogP contribution in [-0.4, -0.2) is 46.5 Å². The molecule has 0 bridgehead atoms. The normalized spacial score (nSPS) is 17.3. The van der Waals surface area contributed by atoms with Crippen LogP contribution in [0.1, 0.15) is 12.8 Å². The summed E-state index contributed by atoms with van der Waals surface area (Å²) in [6.45, 7) is 1.42. The molecule has 1 heterocycles. The molecule has 6 heteroatoms. The van der Waals surface area contributed by atoms with E-state index in [1.54, 1.807) is 11.8 Å². The molecule has 114 valence electrons. The van der Waals surface area contributed by atoms with Gasteiger partial charge in [-0.05, 0) is 31.2 Å². The van der Waals surface area contributed by atoms with E-state index in [2.05, 4.69) is 0 Å². The van der Waals surface area contributed by atoms with E-state index < -0.39 is 0 Å². The Morgan fingerprint density at radius 1 is 1.38 bits per heavy atom. The van der Waals surface area contributed by atoms with Gasteiger partial charge in [-0.3, -0.25) is 4.79 Å². The third-order valence-electron chi connectivity index (χ3n) is 3.87. The molecule has 2 N–H and O–H groups in total. The molecule has 1 aromatic rings. The average Bonchev–Trinajstić information content (AvgIpc) is 2.53. The van der Waals surface area contributed by atoms with E-state index in [0.717, 1.165) is 12.8 Å². The molecular formula is C15H20N2O2S2. The average molecular weight is 324 g/mol. The smallest absolute Gasteiger partial charge is 0.260 e. The third kappa shape index (κ3) is 3.89. The highest BCUT2D eigenvalue weighted by Crippen LogP contribution is 2.34. The summed E-state index contributed by atoms with van der Waals surface area (Å²) in [7, 11) is 0. The lowest BCUT2D eigenvalue weighted by atomic mass is 9.95. The molecule has 1 aliphatic rings. The first-order valence-corrected chi connectivity index (χ1v) is 8.51. The number of piperidine rings is 1. The van der Waals surface area contributed by atoms with Crippen LogP contribution in [0.3, 0.4) is 0 Å². The van der Waals surface area contributed by atoms with Crippen molar-refractivity contribution in [1.29, 1.82) is 0 Å². The van der Waals surface area contributed by atoms with E-state index in [4.69, 9.17) is 22.7 Å². The first-order valence-electron chi connectivity index (χ1n) is 6.88. The number of carbonyl (C=O) groups is 1. The zero-order chi connectivity index (χ0) is 15.3. The number of ether oxygens (including phenoxy) is 1. The minimum absolute atomic E-state index is 0.0106. The van der Waals surface area contributed by atoms with E-state index >= 15 is 0 Å². The van der Waals surface area contributed by atoms with Crippen molar-refractivity contribution in [3.05, 3.63) is 30.3 Å². The van der Waals surface area contributed by atoms with E-state index in [0.29, 0.717) is 23.8 Å². The van der Waals surface area contributed by atoms with Gasteiger partial charge >= 0.3 is 0 Å². The van der Waals surface area contributed by atoms with Crippen molar-refractivity contribution in [2.75, 3.05) is 26.0 Å². The van der Waals surface area contributed by atoms with Crippen LogP contribution in [0, 0.1) is 0 Å². The molecule has 1 aliphatic heterocycles. The van der Waals surface area contributed by atoms with Crippen LogP contribution in [0.15, 0.2) is 30.3 Å². The largest absolute Gasteiger partial charge is 0.484 e. The van der Waals surface area contributed by atoms with Crippen LogP contribution in [0.5, 0.6) is 5.75 Å². The highest BCUT2D eigenvalue weighted by Gasteiger charge is 2.37. The summed E-state index contributed by atoms with van der Waals surface area (Å²) in [6, 6.07) is 9.37. The van der Waals surface area contributed by atoms with Gasteiger partial charge in [-0.25, -0.2) is 0 Å². The lowest BCUT2D eigenvalue weighted by Gasteiger charge is -2.39. The second-order valence-electron chi connectivity index (χ2n) is 5.05. The molecule has 0 aliphatic carbocycles. The van der Waals surface area contributed by atoms with Gasteiger partial charge < -0.3 is 15.4 Å². The predicted molar refractivity (Wildman–Crippen MR) is 90.8 cm³/mol. The molecule has 0 saturated carbocycles. The van der Waals surface area contributed by atoms with Gasteiger partial charge in [0.25, 0.3) is 5.91 Å². The van der Waals surface area contributed by atoms with Gasteiger partial charge in [0.05, 0.1) is 9.74 Å². The summed E-state index contributed by atoms with van der Waals surface area (Å²) >= 11 is 6.86. The van der Waals surface area contributed by atoms with Crippen LogP contribution in [0.4, 0.5) is 0 Å². The Balaban J connectivity index is 1.84. The lowest BCUT2D eigenvalue weighted by molar-refractivity contribution is -0.134. The summed E-state index contributed by atoms with van der Waals surface area (Å²) in [5.41, 5.74) is 5.85. The summed E-state index contributed by atoms with van der Waals surface area (Å²) in [6.07, 6.45) is 3.64. The maximum atomic E-state index is 12.2. The Labute approximate surface area is 135 Å². The summed E-state index contributed by atoms with van der Waals surface area (Å²) < 4.78 is 5.34. The zero-order valence-electron chi connectivity index (χ0n) is 12.1.